The van der Waals surface area contributed by atoms with E-state index in [1.165, 1.54) is 0 Å². The van der Waals surface area contributed by atoms with Gasteiger partial charge >= 0.3 is 12.1 Å². The molecule has 0 aromatic carbocycles. The lowest BCUT2D eigenvalue weighted by Crippen LogP contribution is -2.13. The van der Waals surface area contributed by atoms with Crippen molar-refractivity contribution in [1.29, 1.82) is 0 Å². The van der Waals surface area contributed by atoms with Crippen molar-refractivity contribution in [3.8, 4) is 0 Å². The lowest BCUT2D eigenvalue weighted by molar-refractivity contribution is -0.0687. The maximum absolute atomic E-state index is 13.6. The van der Waals surface area contributed by atoms with Gasteiger partial charge < -0.3 is 5.11 Å². The van der Waals surface area contributed by atoms with Crippen LogP contribution in [0.1, 0.15) is 48.2 Å². The van der Waals surface area contributed by atoms with Crippen molar-refractivity contribution in [3.63, 3.8) is 0 Å². The summed E-state index contributed by atoms with van der Waals surface area (Å²) < 4.78 is 40.8. The molecule has 3 nitrogen and oxygen atoms in total. The Morgan fingerprint density at radius 2 is 1.50 bits per heavy atom. The Kier molecular flexibility index (Phi) is 6.18. The van der Waals surface area contributed by atoms with Crippen LogP contribution in [0.15, 0.2) is 6.08 Å². The van der Waals surface area contributed by atoms with Gasteiger partial charge in [-0.25, -0.2) is 4.79 Å². The molecule has 11 heteroatoms. The summed E-state index contributed by atoms with van der Waals surface area (Å²) in [5, 5.41) is 8.76. The Balaban J connectivity index is 2.13. The van der Waals surface area contributed by atoms with E-state index in [0.717, 1.165) is 12.8 Å². The van der Waals surface area contributed by atoms with Gasteiger partial charge in [-0.1, -0.05) is 34.8 Å². The fourth-order valence-corrected chi connectivity index (χ4v) is 6.02. The third-order valence-electron chi connectivity index (χ3n) is 4.22. The van der Waals surface area contributed by atoms with Crippen LogP contribution in [-0.2, 0) is 12.8 Å². The van der Waals surface area contributed by atoms with Gasteiger partial charge in [-0.15, -0.1) is 22.7 Å². The number of halogens is 6. The number of carboxylic acid groups (broad SMARTS) is 1. The molecule has 1 N–H and O–H groups in total. The third-order valence-corrected chi connectivity index (χ3v) is 8.10. The lowest BCUT2D eigenvalue weighted by Gasteiger charge is -2.13. The molecule has 28 heavy (non-hydrogen) atoms. The number of thiophene rings is 2. The first-order valence-electron chi connectivity index (χ1n) is 7.87. The predicted octanol–water partition coefficient (Wildman–Crippen LogP) is 7.18. The summed E-state index contributed by atoms with van der Waals surface area (Å²) in [4.78, 5) is 23.7. The van der Waals surface area contributed by atoms with Crippen LogP contribution in [0.2, 0.25) is 14.4 Å². The molecule has 2 aromatic heterocycles. The van der Waals surface area contributed by atoms with Gasteiger partial charge in [0, 0.05) is 6.08 Å². The highest BCUT2D eigenvalue weighted by Crippen LogP contribution is 2.48. The highest BCUT2D eigenvalue weighted by atomic mass is 35.5. The fourth-order valence-electron chi connectivity index (χ4n) is 3.01. The van der Waals surface area contributed by atoms with Crippen LogP contribution in [0, 0.1) is 0 Å². The molecular weight excluding hydrogens is 480 g/mol. The molecule has 1 aliphatic carbocycles. The summed E-state index contributed by atoms with van der Waals surface area (Å²) in [6, 6.07) is 0. The Morgan fingerprint density at radius 3 is 1.96 bits per heavy atom. The maximum Gasteiger partial charge on any atom is 0.417 e. The summed E-state index contributed by atoms with van der Waals surface area (Å²) in [6.45, 7) is 0. The van der Waals surface area contributed by atoms with Gasteiger partial charge in [0.1, 0.15) is 9.21 Å². The monoisotopic (exact) mass is 488 g/mol. The molecule has 0 amide bonds. The number of carbonyl (C=O) groups excluding carboxylic acids is 1. The van der Waals surface area contributed by atoms with Crippen molar-refractivity contribution in [1.82, 2.24) is 0 Å². The minimum atomic E-state index is -4.89. The number of ketones is 1. The van der Waals surface area contributed by atoms with Crippen LogP contribution in [0.25, 0.3) is 5.57 Å². The van der Waals surface area contributed by atoms with Gasteiger partial charge in [-0.3, -0.25) is 4.79 Å². The predicted molar refractivity (Wildman–Crippen MR) is 106 cm³/mol. The number of alkyl halides is 3. The molecule has 150 valence electrons. The first-order valence-corrected chi connectivity index (χ1v) is 10.6. The van der Waals surface area contributed by atoms with E-state index in [1.54, 1.807) is 0 Å². The molecular formula is C17H10Cl3F3O3S2. The molecule has 0 spiro atoms. The van der Waals surface area contributed by atoms with E-state index >= 15 is 0 Å². The number of hydrogen-bond acceptors (Lipinski definition) is 4. The van der Waals surface area contributed by atoms with E-state index in [9.17, 15) is 27.9 Å². The number of aromatic carboxylic acids is 1. The van der Waals surface area contributed by atoms with Gasteiger partial charge in [0.15, 0.2) is 5.78 Å². The van der Waals surface area contributed by atoms with Crippen LogP contribution in [0.5, 0.6) is 0 Å². The third kappa shape index (κ3) is 3.98. The first-order chi connectivity index (χ1) is 13.0. The summed E-state index contributed by atoms with van der Waals surface area (Å²) in [6.07, 6.45) is -2.00. The topological polar surface area (TPSA) is 54.4 Å². The molecule has 1 aliphatic rings. The van der Waals surface area contributed by atoms with Crippen LogP contribution >= 0.6 is 57.5 Å². The molecule has 0 saturated carbocycles. The molecule has 2 aromatic rings. The average molecular weight is 490 g/mol. The number of fused-ring (bicyclic) bond motifs is 1. The molecule has 2 heterocycles. The molecule has 0 radical (unpaired) electrons. The second-order valence-electron chi connectivity index (χ2n) is 5.98. The van der Waals surface area contributed by atoms with Gasteiger partial charge in [-0.2, -0.15) is 13.2 Å². The number of carbonyl (C=O) groups is 2. The molecule has 0 saturated heterocycles. The minimum absolute atomic E-state index is 0.000235. The zero-order valence-electron chi connectivity index (χ0n) is 13.8. The molecule has 0 fully saturated rings. The summed E-state index contributed by atoms with van der Waals surface area (Å²) in [5.74, 6) is -2.11. The van der Waals surface area contributed by atoms with Crippen molar-refractivity contribution < 1.29 is 27.9 Å². The Morgan fingerprint density at radius 1 is 0.929 bits per heavy atom. The van der Waals surface area contributed by atoms with E-state index in [1.807, 2.05) is 0 Å². The zero-order valence-corrected chi connectivity index (χ0v) is 17.7. The molecule has 3 rings (SSSR count). The average Bonchev–Trinajstić information content (AvgIpc) is 3.12. The van der Waals surface area contributed by atoms with Gasteiger partial charge in [0.25, 0.3) is 0 Å². The summed E-state index contributed by atoms with van der Waals surface area (Å²) >= 11 is 18.7. The summed E-state index contributed by atoms with van der Waals surface area (Å²) in [7, 11) is 0. The highest BCUT2D eigenvalue weighted by Gasteiger charge is 2.39. The molecule has 0 unspecified atom stereocenters. The summed E-state index contributed by atoms with van der Waals surface area (Å²) in [5.41, 5.74) is -0.213. The number of carboxylic acids is 1. The van der Waals surface area contributed by atoms with Crippen molar-refractivity contribution in [3.05, 3.63) is 46.2 Å². The zero-order chi connectivity index (χ0) is 20.8. The van der Waals surface area contributed by atoms with Crippen LogP contribution in [-0.4, -0.2) is 23.0 Å². The van der Waals surface area contributed by atoms with Crippen LogP contribution < -0.4 is 0 Å². The fraction of sp³-hybridized carbons (Fsp3) is 0.294. The first kappa shape index (κ1) is 21.6. The Bertz CT molecular complexity index is 1010. The SMILES string of the molecule is O=C(O)c1sc(C(=O)C=C(c2sc(Cl)c(Cl)c2Cl)C(F)(F)F)c2c1CCCC2. The molecule has 0 aliphatic heterocycles. The standard InChI is InChI=1S/C17H10Cl3F3O3S2/c18-10-11(19)15(20)28-14(10)8(17(21,22)23)5-9(24)12-6-3-1-2-4-7(6)13(27-12)16(25)26/h5H,1-4H2,(H,25,26). The van der Waals surface area contributed by atoms with Crippen molar-refractivity contribution >= 4 is 74.8 Å². The van der Waals surface area contributed by atoms with Crippen LogP contribution in [0.3, 0.4) is 0 Å². The van der Waals surface area contributed by atoms with Crippen LogP contribution in [0.4, 0.5) is 13.2 Å². The van der Waals surface area contributed by atoms with Gasteiger partial charge in [-0.05, 0) is 36.8 Å². The lowest BCUT2D eigenvalue weighted by atomic mass is 9.91. The van der Waals surface area contributed by atoms with E-state index in [2.05, 4.69) is 0 Å². The van der Waals surface area contributed by atoms with Crippen molar-refractivity contribution in [2.45, 2.75) is 31.9 Å². The van der Waals surface area contributed by atoms with Crippen molar-refractivity contribution in [2.75, 3.05) is 0 Å². The minimum Gasteiger partial charge on any atom is -0.477 e. The second kappa shape index (κ2) is 7.99. The van der Waals surface area contributed by atoms with E-state index in [-0.39, 0.29) is 24.1 Å². The number of rotatable bonds is 4. The van der Waals surface area contributed by atoms with Gasteiger partial charge in [0.2, 0.25) is 0 Å². The number of allylic oxidation sites excluding steroid dienone is 2. The van der Waals surface area contributed by atoms with E-state index in [4.69, 9.17) is 34.8 Å². The molecule has 0 bridgehead atoms. The second-order valence-corrected chi connectivity index (χ2v) is 9.38. The van der Waals surface area contributed by atoms with Gasteiger partial charge in [0.05, 0.1) is 25.4 Å². The Labute approximate surface area is 180 Å². The largest absolute Gasteiger partial charge is 0.477 e. The highest BCUT2D eigenvalue weighted by molar-refractivity contribution is 7.18. The van der Waals surface area contributed by atoms with E-state index in [0.29, 0.717) is 52.7 Å². The molecule has 0 atom stereocenters. The Hall–Kier alpha value is -1.06. The van der Waals surface area contributed by atoms with E-state index < -0.39 is 28.4 Å². The maximum atomic E-state index is 13.6. The normalized spacial score (nSPS) is 14.9. The van der Waals surface area contributed by atoms with Crippen molar-refractivity contribution in [2.24, 2.45) is 0 Å². The quantitative estimate of drug-likeness (QED) is 0.366. The smallest absolute Gasteiger partial charge is 0.417 e. The number of hydrogen-bond donors (Lipinski definition) is 1.